The van der Waals surface area contributed by atoms with E-state index in [0.29, 0.717) is 10.7 Å². The molecule has 0 amide bonds. The Bertz CT molecular complexity index is 1490. The number of pyridine rings is 2. The highest BCUT2D eigenvalue weighted by Crippen LogP contribution is 2.28. The first-order valence-electron chi connectivity index (χ1n) is 12.2. The lowest BCUT2D eigenvalue weighted by Gasteiger charge is -2.01. The van der Waals surface area contributed by atoms with E-state index >= 15 is 0 Å². The van der Waals surface area contributed by atoms with Crippen LogP contribution in [0, 0.1) is 0 Å². The molecule has 3 aromatic heterocycles. The third-order valence-electron chi connectivity index (χ3n) is 4.98. The minimum atomic E-state index is 0.288. The Labute approximate surface area is 236 Å². The van der Waals surface area contributed by atoms with E-state index in [9.17, 15) is 5.11 Å². The van der Waals surface area contributed by atoms with E-state index in [0.717, 1.165) is 36.8 Å². The largest absolute Gasteiger partial charge is 0.507 e. The third-order valence-corrected chi connectivity index (χ3v) is 6.10. The summed E-state index contributed by atoms with van der Waals surface area (Å²) in [4.78, 5) is 7.90. The number of nitrogens with two attached hydrogens (primary N) is 1. The van der Waals surface area contributed by atoms with Gasteiger partial charge in [-0.3, -0.25) is 9.97 Å². The van der Waals surface area contributed by atoms with Crippen molar-refractivity contribution in [3.63, 3.8) is 0 Å². The van der Waals surface area contributed by atoms with E-state index in [4.69, 9.17) is 17.3 Å². The first-order chi connectivity index (χ1) is 18.5. The maximum atomic E-state index is 9.33. The lowest BCUT2D eigenvalue weighted by Crippen LogP contribution is -1.86. The number of rotatable bonds is 0. The molecule has 0 saturated carbocycles. The molecule has 8 heteroatoms. The highest BCUT2D eigenvalue weighted by molar-refractivity contribution is 9.10. The number of phenolic OH excluding ortho intramolecular Hbond substituents is 1. The number of hydrogen-bond donors (Lipinski definition) is 2. The van der Waals surface area contributed by atoms with Crippen molar-refractivity contribution in [1.82, 2.24) is 20.2 Å². The maximum absolute atomic E-state index is 9.33. The molecule has 0 fully saturated rings. The Hall–Kier alpha value is -3.81. The zero-order chi connectivity index (χ0) is 27.9. The van der Waals surface area contributed by atoms with Crippen LogP contribution in [0.3, 0.4) is 0 Å². The molecule has 0 atom stereocenters. The van der Waals surface area contributed by atoms with Gasteiger partial charge in [-0.15, -0.1) is 0 Å². The van der Waals surface area contributed by atoms with Crippen molar-refractivity contribution in [1.29, 1.82) is 0 Å². The van der Waals surface area contributed by atoms with Gasteiger partial charge in [0.25, 0.3) is 0 Å². The number of nitrogens with zero attached hydrogens (tertiary/aromatic N) is 4. The van der Waals surface area contributed by atoms with E-state index in [1.165, 1.54) is 0 Å². The Morgan fingerprint density at radius 2 is 1.29 bits per heavy atom. The van der Waals surface area contributed by atoms with Gasteiger partial charge in [0.1, 0.15) is 5.75 Å². The topological polar surface area (TPSA) is 97.8 Å². The van der Waals surface area contributed by atoms with Gasteiger partial charge >= 0.3 is 0 Å². The zero-order valence-electron chi connectivity index (χ0n) is 21.8. The number of anilines is 1. The van der Waals surface area contributed by atoms with Gasteiger partial charge in [-0.1, -0.05) is 85.6 Å². The summed E-state index contributed by atoms with van der Waals surface area (Å²) in [5.74, 6) is 0.288. The van der Waals surface area contributed by atoms with Crippen molar-refractivity contribution in [3.8, 4) is 5.75 Å². The van der Waals surface area contributed by atoms with Crippen LogP contribution in [0.4, 0.5) is 5.69 Å². The second-order valence-electron chi connectivity index (χ2n) is 7.17. The SMILES string of the molecule is Brc1cccc2cnncc12.CC.CC.Nc1ccc2cnccc2c1Cl.Oc1cccc2ccncc12. The molecule has 3 heterocycles. The molecule has 0 radical (unpaired) electrons. The van der Waals surface area contributed by atoms with Crippen LogP contribution < -0.4 is 5.73 Å². The van der Waals surface area contributed by atoms with Crippen LogP contribution in [0.2, 0.25) is 5.02 Å². The number of benzene rings is 3. The highest BCUT2D eigenvalue weighted by Gasteiger charge is 2.01. The van der Waals surface area contributed by atoms with Gasteiger partial charge in [-0.2, -0.15) is 10.2 Å². The number of fused-ring (bicyclic) bond motifs is 3. The highest BCUT2D eigenvalue weighted by atomic mass is 79.9. The molecule has 6 rings (SSSR count). The second-order valence-corrected chi connectivity index (χ2v) is 8.40. The van der Waals surface area contributed by atoms with Crippen LogP contribution in [-0.4, -0.2) is 25.3 Å². The van der Waals surface area contributed by atoms with Gasteiger partial charge in [0.15, 0.2) is 0 Å². The van der Waals surface area contributed by atoms with E-state index in [-0.39, 0.29) is 5.75 Å². The van der Waals surface area contributed by atoms with Crippen molar-refractivity contribution < 1.29 is 5.11 Å². The molecule has 0 aliphatic carbocycles. The predicted molar refractivity (Wildman–Crippen MR) is 165 cm³/mol. The average molecular weight is 593 g/mol. The van der Waals surface area contributed by atoms with Gasteiger partial charge in [0, 0.05) is 56.2 Å². The number of nitrogen functional groups attached to an aromatic ring is 1. The molecule has 3 aromatic carbocycles. The third kappa shape index (κ3) is 8.10. The molecule has 0 aliphatic heterocycles. The lowest BCUT2D eigenvalue weighted by molar-refractivity contribution is 0.481. The number of halogens is 2. The van der Waals surface area contributed by atoms with Gasteiger partial charge < -0.3 is 10.8 Å². The second kappa shape index (κ2) is 16.1. The van der Waals surface area contributed by atoms with Crippen molar-refractivity contribution in [2.24, 2.45) is 0 Å². The van der Waals surface area contributed by atoms with Crippen LogP contribution in [0.1, 0.15) is 27.7 Å². The summed E-state index contributed by atoms with van der Waals surface area (Å²) < 4.78 is 1.06. The fourth-order valence-electron chi connectivity index (χ4n) is 3.23. The Kier molecular flexibility index (Phi) is 12.9. The molecular weight excluding hydrogens is 562 g/mol. The molecule has 0 spiro atoms. The molecule has 0 unspecified atom stereocenters. The molecule has 6 aromatic rings. The molecule has 0 aliphatic rings. The number of aromatic nitrogens is 4. The van der Waals surface area contributed by atoms with Crippen LogP contribution >= 0.6 is 27.5 Å². The summed E-state index contributed by atoms with van der Waals surface area (Å²) in [6.07, 6.45) is 10.3. The Morgan fingerprint density at radius 1 is 0.658 bits per heavy atom. The van der Waals surface area contributed by atoms with Gasteiger partial charge in [0.2, 0.25) is 0 Å². The summed E-state index contributed by atoms with van der Waals surface area (Å²) in [5.41, 5.74) is 6.24. The Morgan fingerprint density at radius 3 is 2.03 bits per heavy atom. The van der Waals surface area contributed by atoms with E-state index < -0.39 is 0 Å². The van der Waals surface area contributed by atoms with Crippen molar-refractivity contribution in [2.45, 2.75) is 27.7 Å². The molecule has 0 bridgehead atoms. The normalized spacial score (nSPS) is 9.53. The van der Waals surface area contributed by atoms with E-state index in [2.05, 4.69) is 36.1 Å². The maximum Gasteiger partial charge on any atom is 0.124 e. The summed E-state index contributed by atoms with van der Waals surface area (Å²) in [7, 11) is 0. The van der Waals surface area contributed by atoms with Crippen LogP contribution in [0.25, 0.3) is 32.3 Å². The number of hydrogen-bond acceptors (Lipinski definition) is 6. The fraction of sp³-hybridized carbons (Fsp3) is 0.133. The minimum Gasteiger partial charge on any atom is -0.507 e. The summed E-state index contributed by atoms with van der Waals surface area (Å²) >= 11 is 9.40. The fourth-order valence-corrected chi connectivity index (χ4v) is 3.95. The molecule has 6 nitrogen and oxygen atoms in total. The standard InChI is InChI=1S/C9H7ClN2.C9H7NO.C8H5BrN2.2C2H6/c10-9-7-3-4-12-5-6(7)1-2-8(9)11;11-9-3-1-2-7-4-5-10-6-8(7)9;9-8-3-1-2-6-4-10-11-5-7(6)8;2*1-2/h1-5H,11H2;1-6,11H;1-5H;2*1-2H3. The summed E-state index contributed by atoms with van der Waals surface area (Å²) in [6, 6.07) is 18.8. The summed E-state index contributed by atoms with van der Waals surface area (Å²) in [6.45, 7) is 8.00. The van der Waals surface area contributed by atoms with Crippen LogP contribution in [0.15, 0.2) is 102 Å². The van der Waals surface area contributed by atoms with E-state index in [1.54, 1.807) is 49.3 Å². The Balaban J connectivity index is 0.000000188. The first kappa shape index (κ1) is 30.4. The first-order valence-corrected chi connectivity index (χ1v) is 13.4. The zero-order valence-corrected chi connectivity index (χ0v) is 24.1. The number of aromatic hydroxyl groups is 1. The van der Waals surface area contributed by atoms with Gasteiger partial charge in [-0.25, -0.2) is 0 Å². The molecular formula is C30H31BrClN5O. The monoisotopic (exact) mass is 591 g/mol. The van der Waals surface area contributed by atoms with Crippen molar-refractivity contribution in [3.05, 3.63) is 107 Å². The lowest BCUT2D eigenvalue weighted by atomic mass is 10.1. The predicted octanol–water partition coefficient (Wildman–Crippen LogP) is 8.86. The van der Waals surface area contributed by atoms with E-state index in [1.807, 2.05) is 76.2 Å². The van der Waals surface area contributed by atoms with Gasteiger partial charge in [0.05, 0.1) is 23.1 Å². The van der Waals surface area contributed by atoms with Crippen molar-refractivity contribution in [2.75, 3.05) is 5.73 Å². The molecule has 38 heavy (non-hydrogen) atoms. The minimum absolute atomic E-state index is 0.288. The van der Waals surface area contributed by atoms with Gasteiger partial charge in [-0.05, 0) is 35.7 Å². The number of phenols is 1. The molecule has 3 N–H and O–H groups in total. The molecule has 196 valence electrons. The quantitative estimate of drug-likeness (QED) is 0.171. The smallest absolute Gasteiger partial charge is 0.124 e. The van der Waals surface area contributed by atoms with Crippen molar-refractivity contribution >= 4 is 65.5 Å². The molecule has 0 saturated heterocycles. The van der Waals surface area contributed by atoms with Crippen LogP contribution in [0.5, 0.6) is 5.75 Å². The summed E-state index contributed by atoms with van der Waals surface area (Å²) in [5, 5.41) is 23.5. The van der Waals surface area contributed by atoms with Crippen LogP contribution in [-0.2, 0) is 0 Å². The average Bonchev–Trinajstić information content (AvgIpc) is 2.99.